The van der Waals surface area contributed by atoms with E-state index in [1.807, 2.05) is 6.92 Å². The lowest BCUT2D eigenvalue weighted by Gasteiger charge is -2.02. The molecule has 1 heterocycles. The summed E-state index contributed by atoms with van der Waals surface area (Å²) in [7, 11) is 3.12. The number of nitrogens with one attached hydrogen (secondary N) is 1. The van der Waals surface area contributed by atoms with Crippen LogP contribution in [0.2, 0.25) is 0 Å². The smallest absolute Gasteiger partial charge is 0.313 e. The van der Waals surface area contributed by atoms with E-state index in [0.29, 0.717) is 17.6 Å². The van der Waals surface area contributed by atoms with Crippen molar-refractivity contribution in [3.63, 3.8) is 0 Å². The van der Waals surface area contributed by atoms with Crippen LogP contribution in [0.1, 0.15) is 34.8 Å². The molecule has 1 amide bonds. The maximum absolute atomic E-state index is 11.9. The van der Waals surface area contributed by atoms with E-state index in [1.54, 1.807) is 11.6 Å². The molecule has 0 unspecified atom stereocenters. The number of esters is 1. The van der Waals surface area contributed by atoms with Crippen LogP contribution in [-0.2, 0) is 23.0 Å². The molecule has 2 rings (SSSR count). The minimum atomic E-state index is -0.364. The van der Waals surface area contributed by atoms with Crippen molar-refractivity contribution >= 4 is 11.9 Å². The van der Waals surface area contributed by atoms with Crippen LogP contribution in [0.3, 0.4) is 0 Å². The maximum atomic E-state index is 11.9. The summed E-state index contributed by atoms with van der Waals surface area (Å²) in [5.41, 5.74) is 1.15. The van der Waals surface area contributed by atoms with E-state index < -0.39 is 0 Å². The average Bonchev–Trinajstić information content (AvgIpc) is 3.11. The largest absolute Gasteiger partial charge is 0.469 e. The van der Waals surface area contributed by atoms with Gasteiger partial charge in [-0.1, -0.05) is 0 Å². The van der Waals surface area contributed by atoms with Gasteiger partial charge in [-0.2, -0.15) is 0 Å². The molecule has 0 aliphatic heterocycles. The van der Waals surface area contributed by atoms with Gasteiger partial charge in [0.15, 0.2) is 0 Å². The summed E-state index contributed by atoms with van der Waals surface area (Å²) in [6, 6.07) is 0.294. The highest BCUT2D eigenvalue weighted by atomic mass is 16.5. The van der Waals surface area contributed by atoms with Gasteiger partial charge in [0.1, 0.15) is 17.9 Å². The lowest BCUT2D eigenvalue weighted by molar-refractivity contribution is -0.139. The SMILES string of the molecule is COC(=O)Cc1nc(C(=O)NC2CC2)c(C)n1C. The zero-order valence-electron chi connectivity index (χ0n) is 10.8. The van der Waals surface area contributed by atoms with Gasteiger partial charge in [0.25, 0.3) is 5.91 Å². The first-order valence-electron chi connectivity index (χ1n) is 5.92. The van der Waals surface area contributed by atoms with E-state index in [9.17, 15) is 9.59 Å². The molecule has 0 saturated heterocycles. The summed E-state index contributed by atoms with van der Waals surface area (Å²) in [4.78, 5) is 27.4. The Hall–Kier alpha value is -1.85. The summed E-state index contributed by atoms with van der Waals surface area (Å²) >= 11 is 0. The summed E-state index contributed by atoms with van der Waals surface area (Å²) in [6.45, 7) is 1.82. The van der Waals surface area contributed by atoms with E-state index in [0.717, 1.165) is 18.5 Å². The van der Waals surface area contributed by atoms with Crippen molar-refractivity contribution in [2.45, 2.75) is 32.2 Å². The third-order valence-electron chi connectivity index (χ3n) is 3.13. The molecule has 1 aromatic heterocycles. The number of amides is 1. The molecule has 98 valence electrons. The van der Waals surface area contributed by atoms with Gasteiger partial charge in [0, 0.05) is 18.8 Å². The molecule has 0 aromatic carbocycles. The van der Waals surface area contributed by atoms with Crippen LogP contribution in [0.5, 0.6) is 0 Å². The molecule has 1 aliphatic carbocycles. The van der Waals surface area contributed by atoms with Gasteiger partial charge in [-0.3, -0.25) is 9.59 Å². The molecular formula is C12H17N3O3. The number of nitrogens with zero attached hydrogens (tertiary/aromatic N) is 2. The number of aromatic nitrogens is 2. The first kappa shape index (κ1) is 12.6. The van der Waals surface area contributed by atoms with Crippen molar-refractivity contribution in [3.05, 3.63) is 17.2 Å². The highest BCUT2D eigenvalue weighted by Gasteiger charge is 2.26. The second-order valence-corrected chi connectivity index (χ2v) is 4.52. The zero-order chi connectivity index (χ0) is 13.3. The first-order chi connectivity index (χ1) is 8.52. The van der Waals surface area contributed by atoms with Gasteiger partial charge in [-0.25, -0.2) is 4.98 Å². The number of rotatable bonds is 4. The van der Waals surface area contributed by atoms with E-state index in [2.05, 4.69) is 15.0 Å². The molecule has 6 heteroatoms. The Labute approximate surface area is 105 Å². The number of imidazole rings is 1. The lowest BCUT2D eigenvalue weighted by Crippen LogP contribution is -2.26. The third kappa shape index (κ3) is 2.52. The monoisotopic (exact) mass is 251 g/mol. The van der Waals surface area contributed by atoms with Crippen molar-refractivity contribution in [3.8, 4) is 0 Å². The van der Waals surface area contributed by atoms with Crippen LogP contribution in [0.25, 0.3) is 0 Å². The number of hydrogen-bond donors (Lipinski definition) is 1. The molecule has 0 radical (unpaired) electrons. The quantitative estimate of drug-likeness (QED) is 0.783. The van der Waals surface area contributed by atoms with E-state index in [-0.39, 0.29) is 18.3 Å². The minimum Gasteiger partial charge on any atom is -0.469 e. The molecule has 6 nitrogen and oxygen atoms in total. The maximum Gasteiger partial charge on any atom is 0.313 e. The predicted octanol–water partition coefficient (Wildman–Crippen LogP) is 0.336. The van der Waals surface area contributed by atoms with Crippen molar-refractivity contribution in [2.24, 2.45) is 7.05 Å². The van der Waals surface area contributed by atoms with Crippen molar-refractivity contribution in [1.82, 2.24) is 14.9 Å². The van der Waals surface area contributed by atoms with Gasteiger partial charge in [-0.05, 0) is 19.8 Å². The van der Waals surface area contributed by atoms with Crippen LogP contribution in [0.15, 0.2) is 0 Å². The van der Waals surface area contributed by atoms with Gasteiger partial charge in [0.2, 0.25) is 0 Å². The Bertz CT molecular complexity index is 489. The molecule has 0 atom stereocenters. The van der Waals surface area contributed by atoms with Crippen molar-refractivity contribution in [2.75, 3.05) is 7.11 Å². The summed E-state index contributed by atoms with van der Waals surface area (Å²) in [5.74, 6) is 0.0132. The topological polar surface area (TPSA) is 73.2 Å². The molecule has 18 heavy (non-hydrogen) atoms. The summed E-state index contributed by atoms with van der Waals surface area (Å²) in [6.07, 6.45) is 2.14. The van der Waals surface area contributed by atoms with Crippen molar-refractivity contribution in [1.29, 1.82) is 0 Å². The van der Waals surface area contributed by atoms with Crippen LogP contribution in [0, 0.1) is 6.92 Å². The van der Waals surface area contributed by atoms with Crippen LogP contribution < -0.4 is 5.32 Å². The van der Waals surface area contributed by atoms with Gasteiger partial charge >= 0.3 is 5.97 Å². The van der Waals surface area contributed by atoms with Crippen LogP contribution in [0.4, 0.5) is 0 Å². The minimum absolute atomic E-state index is 0.0740. The van der Waals surface area contributed by atoms with E-state index >= 15 is 0 Å². The zero-order valence-corrected chi connectivity index (χ0v) is 10.8. The standard InChI is InChI=1S/C12H17N3O3/c1-7-11(12(17)13-8-4-5-8)14-9(15(7)2)6-10(16)18-3/h8H,4-6H2,1-3H3,(H,13,17). The average molecular weight is 251 g/mol. The number of carbonyl (C=O) groups excluding carboxylic acids is 2. The number of carbonyl (C=O) groups is 2. The molecule has 0 bridgehead atoms. The third-order valence-corrected chi connectivity index (χ3v) is 3.13. The lowest BCUT2D eigenvalue weighted by atomic mass is 10.3. The Kier molecular flexibility index (Phi) is 3.36. The highest BCUT2D eigenvalue weighted by Crippen LogP contribution is 2.20. The van der Waals surface area contributed by atoms with Crippen LogP contribution >= 0.6 is 0 Å². The predicted molar refractivity (Wildman–Crippen MR) is 64.2 cm³/mol. The summed E-state index contributed by atoms with van der Waals surface area (Å²) < 4.78 is 6.35. The molecule has 1 N–H and O–H groups in total. The normalized spacial score (nSPS) is 14.4. The Morgan fingerprint density at radius 2 is 2.17 bits per heavy atom. The molecule has 0 spiro atoms. The summed E-state index contributed by atoms with van der Waals surface area (Å²) in [5, 5.41) is 2.89. The first-order valence-corrected chi connectivity index (χ1v) is 5.92. The Morgan fingerprint density at radius 3 is 2.72 bits per heavy atom. The number of ether oxygens (including phenoxy) is 1. The van der Waals surface area contributed by atoms with Crippen molar-refractivity contribution < 1.29 is 14.3 Å². The Balaban J connectivity index is 2.17. The molecular weight excluding hydrogens is 234 g/mol. The molecule has 1 fully saturated rings. The highest BCUT2D eigenvalue weighted by molar-refractivity contribution is 5.94. The molecule has 1 aliphatic rings. The Morgan fingerprint density at radius 1 is 1.50 bits per heavy atom. The fraction of sp³-hybridized carbons (Fsp3) is 0.583. The van der Waals surface area contributed by atoms with Crippen LogP contribution in [-0.4, -0.2) is 34.6 Å². The molecule has 1 aromatic rings. The molecule has 1 saturated carbocycles. The fourth-order valence-corrected chi connectivity index (χ4v) is 1.69. The van der Waals surface area contributed by atoms with Gasteiger partial charge in [-0.15, -0.1) is 0 Å². The van der Waals surface area contributed by atoms with E-state index in [4.69, 9.17) is 0 Å². The number of hydrogen-bond acceptors (Lipinski definition) is 4. The second kappa shape index (κ2) is 4.80. The van der Waals surface area contributed by atoms with Gasteiger partial charge in [0.05, 0.1) is 7.11 Å². The van der Waals surface area contributed by atoms with E-state index in [1.165, 1.54) is 7.11 Å². The fourth-order valence-electron chi connectivity index (χ4n) is 1.69. The number of methoxy groups -OCH3 is 1. The van der Waals surface area contributed by atoms with Gasteiger partial charge < -0.3 is 14.6 Å². The second-order valence-electron chi connectivity index (χ2n) is 4.52.